The van der Waals surface area contributed by atoms with Gasteiger partial charge in [-0.2, -0.15) is 0 Å². The van der Waals surface area contributed by atoms with Crippen molar-refractivity contribution >= 4 is 22.9 Å². The van der Waals surface area contributed by atoms with Gasteiger partial charge < -0.3 is 0 Å². The molecule has 1 rings (SSSR count). The molecule has 0 atom stereocenters. The highest BCUT2D eigenvalue weighted by Gasteiger charge is 2.09. The van der Waals surface area contributed by atoms with Crippen molar-refractivity contribution in [3.05, 3.63) is 34.9 Å². The van der Waals surface area contributed by atoms with Crippen LogP contribution >= 0.6 is 12.2 Å². The second kappa shape index (κ2) is 9.50. The molecule has 0 aliphatic carbocycles. The lowest BCUT2D eigenvalue weighted by Gasteiger charge is -2.01. The molecular weight excluding hydrogens is 278 g/mol. The Hall–Kier alpha value is -1.42. The van der Waals surface area contributed by atoms with Gasteiger partial charge in [0.15, 0.2) is 4.99 Å². The van der Waals surface area contributed by atoms with Crippen LogP contribution in [0.25, 0.3) is 0 Å². The maximum atomic E-state index is 5.04. The number of hydrogen-bond donors (Lipinski definition) is 0. The molecule has 0 aromatic rings. The molecule has 1 heterocycles. The van der Waals surface area contributed by atoms with Crippen LogP contribution in [0.4, 0.5) is 0 Å². The van der Waals surface area contributed by atoms with Gasteiger partial charge in [-0.05, 0) is 58.6 Å². The van der Waals surface area contributed by atoms with Crippen molar-refractivity contribution < 1.29 is 0 Å². The predicted octanol–water partition coefficient (Wildman–Crippen LogP) is 5.94. The van der Waals surface area contributed by atoms with Crippen LogP contribution < -0.4 is 0 Å². The van der Waals surface area contributed by atoms with Crippen LogP contribution in [0.15, 0.2) is 50.4 Å². The summed E-state index contributed by atoms with van der Waals surface area (Å²) in [5.41, 5.74) is 5.03. The van der Waals surface area contributed by atoms with Crippen molar-refractivity contribution in [2.24, 2.45) is 15.4 Å². The number of nitrogens with zero attached hydrogens (tertiary/aromatic N) is 3. The zero-order valence-corrected chi connectivity index (χ0v) is 14.3. The Balaban J connectivity index is 2.27. The van der Waals surface area contributed by atoms with Gasteiger partial charge in [-0.25, -0.2) is 0 Å². The molecule has 0 radical (unpaired) electrons. The van der Waals surface area contributed by atoms with Crippen LogP contribution in [0.3, 0.4) is 0 Å². The summed E-state index contributed by atoms with van der Waals surface area (Å²) < 4.78 is 0. The first-order chi connectivity index (χ1) is 9.99. The molecule has 0 aromatic carbocycles. The average Bonchev–Trinajstić information content (AvgIpc) is 2.81. The Bertz CT molecular complexity index is 518. The van der Waals surface area contributed by atoms with E-state index in [2.05, 4.69) is 61.4 Å². The Labute approximate surface area is 133 Å². The molecule has 0 N–H and O–H groups in total. The molecule has 0 aromatic heterocycles. The summed E-state index contributed by atoms with van der Waals surface area (Å²) in [6.45, 7) is 8.66. The molecule has 4 heteroatoms. The van der Waals surface area contributed by atoms with E-state index in [1.165, 1.54) is 16.7 Å². The standard InChI is InChI=1S/C17H25N3S/c1-13(2)7-5-8-14(3)9-6-10-15(4)11-12-16-17(21)19-20-18-16/h7,9,11H,5-6,8,10,12H2,1-4H3. The lowest BCUT2D eigenvalue weighted by molar-refractivity contribution is 0.916. The summed E-state index contributed by atoms with van der Waals surface area (Å²) >= 11 is 5.04. The molecule has 3 nitrogen and oxygen atoms in total. The molecule has 1 aliphatic rings. The van der Waals surface area contributed by atoms with Gasteiger partial charge in [-0.3, -0.25) is 0 Å². The van der Waals surface area contributed by atoms with E-state index in [9.17, 15) is 0 Å². The summed E-state index contributed by atoms with van der Waals surface area (Å²) in [6.07, 6.45) is 12.0. The van der Waals surface area contributed by atoms with E-state index in [0.717, 1.165) is 37.8 Å². The maximum Gasteiger partial charge on any atom is 0.174 e. The van der Waals surface area contributed by atoms with E-state index >= 15 is 0 Å². The fourth-order valence-corrected chi connectivity index (χ4v) is 2.12. The SMILES string of the molecule is CC(C)=CCCC(C)=CCCC(C)=CCC1=NN=NC1=S. The van der Waals surface area contributed by atoms with E-state index in [1.807, 2.05) is 0 Å². The molecule has 21 heavy (non-hydrogen) atoms. The Morgan fingerprint density at radius 3 is 2.14 bits per heavy atom. The van der Waals surface area contributed by atoms with Crippen LogP contribution in [-0.2, 0) is 0 Å². The minimum absolute atomic E-state index is 0.522. The quantitative estimate of drug-likeness (QED) is 0.403. The summed E-state index contributed by atoms with van der Waals surface area (Å²) in [5, 5.41) is 11.2. The summed E-state index contributed by atoms with van der Waals surface area (Å²) in [4.78, 5) is 0.522. The normalized spacial score (nSPS) is 15.4. The smallest absolute Gasteiger partial charge is 0.132 e. The van der Waals surface area contributed by atoms with Crippen molar-refractivity contribution in [2.75, 3.05) is 0 Å². The Morgan fingerprint density at radius 2 is 1.57 bits per heavy atom. The Morgan fingerprint density at radius 1 is 0.952 bits per heavy atom. The molecule has 0 bridgehead atoms. The molecule has 0 unspecified atom stereocenters. The third-order valence-corrected chi connectivity index (χ3v) is 3.63. The second-order valence-corrected chi connectivity index (χ2v) is 6.09. The van der Waals surface area contributed by atoms with Crippen LogP contribution in [0.1, 0.15) is 59.8 Å². The minimum atomic E-state index is 0.522. The van der Waals surface area contributed by atoms with Gasteiger partial charge in [-0.15, -0.1) is 10.2 Å². The summed E-state index contributed by atoms with van der Waals surface area (Å²) in [7, 11) is 0. The van der Waals surface area contributed by atoms with Crippen molar-refractivity contribution in [1.82, 2.24) is 0 Å². The molecule has 0 saturated heterocycles. The van der Waals surface area contributed by atoms with Gasteiger partial charge in [-0.1, -0.05) is 47.2 Å². The van der Waals surface area contributed by atoms with E-state index in [4.69, 9.17) is 12.2 Å². The van der Waals surface area contributed by atoms with Crippen LogP contribution in [0, 0.1) is 0 Å². The summed E-state index contributed by atoms with van der Waals surface area (Å²) in [6, 6.07) is 0. The first kappa shape index (κ1) is 17.6. The molecule has 0 saturated carbocycles. The highest BCUT2D eigenvalue weighted by atomic mass is 32.1. The molecular formula is C17H25N3S. The number of thiocarbonyl (C=S) groups is 1. The number of rotatable bonds is 8. The molecule has 0 amide bonds. The number of allylic oxidation sites excluding steroid dienone is 6. The topological polar surface area (TPSA) is 37.1 Å². The van der Waals surface area contributed by atoms with E-state index in [0.29, 0.717) is 4.99 Å². The van der Waals surface area contributed by atoms with E-state index < -0.39 is 0 Å². The Kier molecular flexibility index (Phi) is 7.98. The minimum Gasteiger partial charge on any atom is -0.132 e. The third kappa shape index (κ3) is 7.81. The van der Waals surface area contributed by atoms with Gasteiger partial charge in [0.1, 0.15) is 5.71 Å². The van der Waals surface area contributed by atoms with Crippen molar-refractivity contribution in [3.63, 3.8) is 0 Å². The van der Waals surface area contributed by atoms with Crippen LogP contribution in [0.5, 0.6) is 0 Å². The molecule has 0 fully saturated rings. The van der Waals surface area contributed by atoms with Gasteiger partial charge in [0.25, 0.3) is 0 Å². The average molecular weight is 303 g/mol. The molecule has 114 valence electrons. The predicted molar refractivity (Wildman–Crippen MR) is 94.9 cm³/mol. The summed E-state index contributed by atoms with van der Waals surface area (Å²) in [5.74, 6) is 0. The van der Waals surface area contributed by atoms with Gasteiger partial charge >= 0.3 is 0 Å². The van der Waals surface area contributed by atoms with Crippen LogP contribution in [0.2, 0.25) is 0 Å². The molecule has 0 spiro atoms. The van der Waals surface area contributed by atoms with Crippen molar-refractivity contribution in [2.45, 2.75) is 59.8 Å². The van der Waals surface area contributed by atoms with Crippen LogP contribution in [-0.4, -0.2) is 10.7 Å². The lowest BCUT2D eigenvalue weighted by Crippen LogP contribution is -2.03. The van der Waals surface area contributed by atoms with Gasteiger partial charge in [0.05, 0.1) is 0 Å². The zero-order valence-electron chi connectivity index (χ0n) is 13.5. The third-order valence-electron chi connectivity index (χ3n) is 3.31. The van der Waals surface area contributed by atoms with E-state index in [-0.39, 0.29) is 0 Å². The highest BCUT2D eigenvalue weighted by Crippen LogP contribution is 2.13. The van der Waals surface area contributed by atoms with E-state index in [1.54, 1.807) is 0 Å². The zero-order chi connectivity index (χ0) is 15.7. The first-order valence-corrected chi connectivity index (χ1v) is 7.86. The lowest BCUT2D eigenvalue weighted by atomic mass is 10.1. The number of hydrogen-bond acceptors (Lipinski definition) is 3. The van der Waals surface area contributed by atoms with Crippen molar-refractivity contribution in [1.29, 1.82) is 0 Å². The van der Waals surface area contributed by atoms with Crippen molar-refractivity contribution in [3.8, 4) is 0 Å². The highest BCUT2D eigenvalue weighted by molar-refractivity contribution is 7.82. The fraction of sp³-hybridized carbons (Fsp3) is 0.529. The fourth-order valence-electron chi connectivity index (χ4n) is 1.96. The van der Waals surface area contributed by atoms with Gasteiger partial charge in [0.2, 0.25) is 0 Å². The maximum absolute atomic E-state index is 5.04. The monoisotopic (exact) mass is 303 g/mol. The second-order valence-electron chi connectivity index (χ2n) is 5.71. The molecule has 1 aliphatic heterocycles. The van der Waals surface area contributed by atoms with Gasteiger partial charge in [0, 0.05) is 6.42 Å². The first-order valence-electron chi connectivity index (χ1n) is 7.45. The largest absolute Gasteiger partial charge is 0.174 e.